The fourth-order valence-electron chi connectivity index (χ4n) is 4.89. The molecule has 0 bridgehead atoms. The lowest BCUT2D eigenvalue weighted by atomic mass is 9.57. The van der Waals surface area contributed by atoms with E-state index in [1.807, 2.05) is 60.7 Å². The molecule has 3 rings (SSSR count). The van der Waals surface area contributed by atoms with Crippen molar-refractivity contribution in [3.05, 3.63) is 71.8 Å². The summed E-state index contributed by atoms with van der Waals surface area (Å²) >= 11 is 0. The SMILES string of the molecule is C#CCC(C1CCCCC1)C(C(=O)C=O)(c1ccccc1)c1ccccc1. The van der Waals surface area contributed by atoms with E-state index in [1.165, 1.54) is 6.42 Å². The van der Waals surface area contributed by atoms with Gasteiger partial charge in [0.15, 0.2) is 6.29 Å². The molecule has 27 heavy (non-hydrogen) atoms. The monoisotopic (exact) mass is 358 g/mol. The Morgan fingerprint density at radius 1 is 1.00 bits per heavy atom. The van der Waals surface area contributed by atoms with Crippen molar-refractivity contribution in [2.45, 2.75) is 43.9 Å². The van der Waals surface area contributed by atoms with Crippen LogP contribution in [0.2, 0.25) is 0 Å². The average Bonchev–Trinajstić information content (AvgIpc) is 2.75. The van der Waals surface area contributed by atoms with Crippen molar-refractivity contribution in [1.82, 2.24) is 0 Å². The Balaban J connectivity index is 2.28. The van der Waals surface area contributed by atoms with Gasteiger partial charge < -0.3 is 0 Å². The van der Waals surface area contributed by atoms with Crippen LogP contribution < -0.4 is 0 Å². The minimum atomic E-state index is -1.03. The van der Waals surface area contributed by atoms with Gasteiger partial charge in [0.2, 0.25) is 5.78 Å². The van der Waals surface area contributed by atoms with Gasteiger partial charge in [0.05, 0.1) is 5.41 Å². The molecule has 1 fully saturated rings. The van der Waals surface area contributed by atoms with Gasteiger partial charge in [-0.1, -0.05) is 92.8 Å². The standard InChI is InChI=1S/C25H26O2/c1-2-12-23(20-13-6-3-7-14-20)25(24(27)19-26,21-15-8-4-9-16-21)22-17-10-5-11-18-22/h1,4-5,8-11,15-20,23H,3,6-7,12-14H2. The van der Waals surface area contributed by atoms with Crippen molar-refractivity contribution < 1.29 is 9.59 Å². The minimum Gasteiger partial charge on any atom is -0.295 e. The van der Waals surface area contributed by atoms with Crippen molar-refractivity contribution in [2.75, 3.05) is 0 Å². The molecule has 1 saturated carbocycles. The van der Waals surface area contributed by atoms with E-state index >= 15 is 0 Å². The Kier molecular flexibility index (Phi) is 6.24. The smallest absolute Gasteiger partial charge is 0.210 e. The maximum absolute atomic E-state index is 13.4. The van der Waals surface area contributed by atoms with Crippen LogP contribution in [-0.4, -0.2) is 12.1 Å². The van der Waals surface area contributed by atoms with E-state index in [1.54, 1.807) is 0 Å². The highest BCUT2D eigenvalue weighted by Crippen LogP contribution is 2.48. The zero-order valence-electron chi connectivity index (χ0n) is 15.6. The van der Waals surface area contributed by atoms with Crippen LogP contribution in [0.1, 0.15) is 49.7 Å². The number of Topliss-reactive ketones (excluding diaryl/α,β-unsaturated/α-hetero) is 1. The van der Waals surface area contributed by atoms with Gasteiger partial charge in [0.25, 0.3) is 0 Å². The van der Waals surface area contributed by atoms with Gasteiger partial charge in [0.1, 0.15) is 0 Å². The molecule has 0 heterocycles. The number of terminal acetylenes is 1. The van der Waals surface area contributed by atoms with Crippen molar-refractivity contribution >= 4 is 12.1 Å². The number of hydrogen-bond donors (Lipinski definition) is 0. The molecule has 0 aliphatic heterocycles. The Bertz CT molecular complexity index is 756. The highest BCUT2D eigenvalue weighted by Gasteiger charge is 2.50. The predicted molar refractivity (Wildman–Crippen MR) is 108 cm³/mol. The molecule has 2 aromatic rings. The third-order valence-corrected chi connectivity index (χ3v) is 6.07. The van der Waals surface area contributed by atoms with Gasteiger partial charge in [-0.05, 0) is 23.0 Å². The second-order valence-corrected chi connectivity index (χ2v) is 7.43. The molecule has 1 aliphatic carbocycles. The van der Waals surface area contributed by atoms with E-state index in [0.29, 0.717) is 18.6 Å². The zero-order valence-corrected chi connectivity index (χ0v) is 15.6. The lowest BCUT2D eigenvalue weighted by Gasteiger charge is -2.44. The molecule has 1 atom stereocenters. The fourth-order valence-corrected chi connectivity index (χ4v) is 4.89. The molecular formula is C25H26O2. The topological polar surface area (TPSA) is 34.1 Å². The van der Waals surface area contributed by atoms with Crippen LogP contribution in [0.5, 0.6) is 0 Å². The minimum absolute atomic E-state index is 0.0923. The fraction of sp³-hybridized carbons (Fsp3) is 0.360. The number of ketones is 1. The summed E-state index contributed by atoms with van der Waals surface area (Å²) in [4.78, 5) is 25.2. The highest BCUT2D eigenvalue weighted by molar-refractivity contribution is 6.30. The molecular weight excluding hydrogens is 332 g/mol. The maximum Gasteiger partial charge on any atom is 0.210 e. The lowest BCUT2D eigenvalue weighted by molar-refractivity contribution is -0.134. The van der Waals surface area contributed by atoms with E-state index in [-0.39, 0.29) is 5.92 Å². The largest absolute Gasteiger partial charge is 0.295 e. The summed E-state index contributed by atoms with van der Waals surface area (Å²) in [6, 6.07) is 19.4. The number of aldehydes is 1. The Morgan fingerprint density at radius 3 is 1.96 bits per heavy atom. The van der Waals surface area contributed by atoms with E-state index in [0.717, 1.165) is 36.8 Å². The molecule has 0 N–H and O–H groups in total. The van der Waals surface area contributed by atoms with E-state index in [2.05, 4.69) is 5.92 Å². The van der Waals surface area contributed by atoms with Crippen LogP contribution in [0.25, 0.3) is 0 Å². The van der Waals surface area contributed by atoms with Gasteiger partial charge >= 0.3 is 0 Å². The Labute approximate surface area is 162 Å². The summed E-state index contributed by atoms with van der Waals surface area (Å²) in [5, 5.41) is 0. The zero-order chi connectivity index (χ0) is 19.1. The molecule has 1 aliphatic rings. The van der Waals surface area contributed by atoms with Crippen LogP contribution >= 0.6 is 0 Å². The quantitative estimate of drug-likeness (QED) is 0.398. The summed E-state index contributed by atoms with van der Waals surface area (Å²) in [5.41, 5.74) is 0.691. The average molecular weight is 358 g/mol. The van der Waals surface area contributed by atoms with Crippen molar-refractivity contribution in [2.24, 2.45) is 11.8 Å². The molecule has 0 saturated heterocycles. The molecule has 0 radical (unpaired) electrons. The first kappa shape index (κ1) is 19.1. The normalized spacial score (nSPS) is 16.3. The van der Waals surface area contributed by atoms with Crippen molar-refractivity contribution in [3.8, 4) is 12.3 Å². The van der Waals surface area contributed by atoms with E-state index < -0.39 is 11.2 Å². The molecule has 2 heteroatoms. The van der Waals surface area contributed by atoms with Crippen LogP contribution in [0.4, 0.5) is 0 Å². The summed E-state index contributed by atoms with van der Waals surface area (Å²) in [5.74, 6) is 2.66. The molecule has 2 aromatic carbocycles. The molecule has 138 valence electrons. The predicted octanol–water partition coefficient (Wildman–Crippen LogP) is 4.96. The van der Waals surface area contributed by atoms with Gasteiger partial charge in [-0.15, -0.1) is 12.3 Å². The van der Waals surface area contributed by atoms with Crippen LogP contribution in [-0.2, 0) is 15.0 Å². The number of benzene rings is 2. The molecule has 0 spiro atoms. The van der Waals surface area contributed by atoms with Crippen molar-refractivity contribution in [3.63, 3.8) is 0 Å². The maximum atomic E-state index is 13.4. The van der Waals surface area contributed by atoms with Gasteiger partial charge in [0, 0.05) is 6.42 Å². The van der Waals surface area contributed by atoms with Crippen LogP contribution in [0, 0.1) is 24.2 Å². The van der Waals surface area contributed by atoms with Gasteiger partial charge in [-0.25, -0.2) is 0 Å². The van der Waals surface area contributed by atoms with Gasteiger partial charge in [-0.2, -0.15) is 0 Å². The van der Waals surface area contributed by atoms with Crippen LogP contribution in [0.15, 0.2) is 60.7 Å². The van der Waals surface area contributed by atoms with Crippen LogP contribution in [0.3, 0.4) is 0 Å². The van der Waals surface area contributed by atoms with E-state index in [4.69, 9.17) is 6.42 Å². The van der Waals surface area contributed by atoms with Crippen molar-refractivity contribution in [1.29, 1.82) is 0 Å². The summed E-state index contributed by atoms with van der Waals surface area (Å²) < 4.78 is 0. The lowest BCUT2D eigenvalue weighted by Crippen LogP contribution is -2.48. The highest BCUT2D eigenvalue weighted by atomic mass is 16.2. The second kappa shape index (κ2) is 8.82. The molecule has 0 aromatic heterocycles. The van der Waals surface area contributed by atoms with Gasteiger partial charge in [-0.3, -0.25) is 9.59 Å². The Hall–Kier alpha value is -2.66. The number of hydrogen-bond acceptors (Lipinski definition) is 2. The molecule has 1 unspecified atom stereocenters. The first-order valence-electron chi connectivity index (χ1n) is 9.79. The summed E-state index contributed by atoms with van der Waals surface area (Å²) in [6.45, 7) is 0. The summed E-state index contributed by atoms with van der Waals surface area (Å²) in [6.07, 6.45) is 12.4. The number of carbonyl (C=O) groups excluding carboxylic acids is 2. The number of carbonyl (C=O) groups is 2. The molecule has 2 nitrogen and oxygen atoms in total. The first-order valence-corrected chi connectivity index (χ1v) is 9.79. The second-order valence-electron chi connectivity index (χ2n) is 7.43. The third-order valence-electron chi connectivity index (χ3n) is 6.07. The Morgan fingerprint density at radius 2 is 1.52 bits per heavy atom. The number of rotatable bonds is 7. The first-order chi connectivity index (χ1) is 13.2. The summed E-state index contributed by atoms with van der Waals surface area (Å²) in [7, 11) is 0. The third kappa shape index (κ3) is 3.60. The van der Waals surface area contributed by atoms with E-state index in [9.17, 15) is 9.59 Å². The molecule has 0 amide bonds.